The molecule has 0 spiro atoms. The molecular formula is C14H9ClN4O5S2. The van der Waals surface area contributed by atoms with Gasteiger partial charge in [0.25, 0.3) is 11.6 Å². The van der Waals surface area contributed by atoms with Gasteiger partial charge in [0.1, 0.15) is 0 Å². The molecule has 9 nitrogen and oxygen atoms in total. The number of thiazole rings is 1. The van der Waals surface area contributed by atoms with Crippen molar-refractivity contribution in [1.29, 1.82) is 0 Å². The van der Waals surface area contributed by atoms with Crippen LogP contribution in [0.2, 0.25) is 5.02 Å². The number of hydrogen-bond donors (Lipinski definition) is 2. The number of primary sulfonamides is 1. The summed E-state index contributed by atoms with van der Waals surface area (Å²) in [6.07, 6.45) is 0. The fourth-order valence-corrected chi connectivity index (χ4v) is 3.82. The van der Waals surface area contributed by atoms with Crippen LogP contribution in [-0.4, -0.2) is 24.2 Å². The minimum atomic E-state index is -3.86. The maximum absolute atomic E-state index is 12.3. The molecule has 3 aromatic rings. The Morgan fingerprint density at radius 2 is 2.00 bits per heavy atom. The first-order chi connectivity index (χ1) is 12.1. The molecule has 3 N–H and O–H groups in total. The van der Waals surface area contributed by atoms with Crippen molar-refractivity contribution in [3.05, 3.63) is 57.1 Å². The number of fused-ring (bicyclic) bond motifs is 1. The number of nitro benzene ring substituents is 1. The molecule has 1 heterocycles. The lowest BCUT2D eigenvalue weighted by atomic mass is 10.2. The Hall–Kier alpha value is -2.60. The van der Waals surface area contributed by atoms with Crippen LogP contribution in [-0.2, 0) is 10.0 Å². The van der Waals surface area contributed by atoms with Crippen molar-refractivity contribution in [3.63, 3.8) is 0 Å². The normalized spacial score (nSPS) is 11.5. The van der Waals surface area contributed by atoms with Gasteiger partial charge >= 0.3 is 0 Å². The zero-order valence-electron chi connectivity index (χ0n) is 12.7. The SMILES string of the molecule is NS(=O)(=O)c1ccc2nc(NC(=O)c3cc([N+](=O)[O-])ccc3Cl)sc2c1. The number of non-ortho nitro benzene ring substituents is 1. The number of nitro groups is 1. The number of halogens is 1. The zero-order chi connectivity index (χ0) is 19.1. The second-order valence-electron chi connectivity index (χ2n) is 5.07. The molecule has 1 amide bonds. The van der Waals surface area contributed by atoms with Gasteiger partial charge in [-0.25, -0.2) is 18.5 Å². The molecule has 12 heteroatoms. The lowest BCUT2D eigenvalue weighted by Crippen LogP contribution is -2.12. The largest absolute Gasteiger partial charge is 0.298 e. The number of hydrogen-bond acceptors (Lipinski definition) is 7. The Bertz CT molecular complexity index is 1160. The van der Waals surface area contributed by atoms with E-state index in [0.717, 1.165) is 17.4 Å². The first kappa shape index (κ1) is 18.2. The number of nitrogens with zero attached hydrogens (tertiary/aromatic N) is 2. The highest BCUT2D eigenvalue weighted by Crippen LogP contribution is 2.29. The molecule has 1 aromatic heterocycles. The predicted octanol–water partition coefficient (Wildman–Crippen LogP) is 2.76. The Morgan fingerprint density at radius 1 is 1.27 bits per heavy atom. The van der Waals surface area contributed by atoms with Crippen LogP contribution >= 0.6 is 22.9 Å². The summed E-state index contributed by atoms with van der Waals surface area (Å²) in [5, 5.41) is 18.6. The quantitative estimate of drug-likeness (QED) is 0.497. The van der Waals surface area contributed by atoms with Gasteiger partial charge in [-0.1, -0.05) is 22.9 Å². The number of aromatic nitrogens is 1. The Labute approximate surface area is 155 Å². The lowest BCUT2D eigenvalue weighted by molar-refractivity contribution is -0.384. The molecule has 26 heavy (non-hydrogen) atoms. The van der Waals surface area contributed by atoms with E-state index in [9.17, 15) is 23.3 Å². The fraction of sp³-hybridized carbons (Fsp3) is 0. The van der Waals surface area contributed by atoms with E-state index >= 15 is 0 Å². The van der Waals surface area contributed by atoms with Crippen LogP contribution in [0.25, 0.3) is 10.2 Å². The van der Waals surface area contributed by atoms with Gasteiger partial charge in [-0.15, -0.1) is 0 Å². The number of carbonyl (C=O) groups excluding carboxylic acids is 1. The molecule has 0 aliphatic carbocycles. The first-order valence-corrected chi connectivity index (χ1v) is 9.58. The van der Waals surface area contributed by atoms with E-state index in [1.54, 1.807) is 0 Å². The summed E-state index contributed by atoms with van der Waals surface area (Å²) < 4.78 is 23.3. The number of nitrogens with one attached hydrogen (secondary N) is 1. The summed E-state index contributed by atoms with van der Waals surface area (Å²) in [6, 6.07) is 7.61. The van der Waals surface area contributed by atoms with Crippen LogP contribution in [0.1, 0.15) is 10.4 Å². The highest BCUT2D eigenvalue weighted by Gasteiger charge is 2.18. The molecule has 2 aromatic carbocycles. The molecule has 0 saturated heterocycles. The van der Waals surface area contributed by atoms with Crippen LogP contribution < -0.4 is 10.5 Å². The number of benzene rings is 2. The minimum Gasteiger partial charge on any atom is -0.298 e. The van der Waals surface area contributed by atoms with Crippen LogP contribution in [0.5, 0.6) is 0 Å². The van der Waals surface area contributed by atoms with E-state index in [1.165, 1.54) is 30.3 Å². The third-order valence-electron chi connectivity index (χ3n) is 3.31. The second-order valence-corrected chi connectivity index (χ2v) is 8.07. The van der Waals surface area contributed by atoms with E-state index in [-0.39, 0.29) is 26.3 Å². The number of sulfonamides is 1. The summed E-state index contributed by atoms with van der Waals surface area (Å²) >= 11 is 6.96. The smallest absolute Gasteiger partial charge is 0.270 e. The molecule has 0 bridgehead atoms. The van der Waals surface area contributed by atoms with Crippen LogP contribution in [0.4, 0.5) is 10.8 Å². The van der Waals surface area contributed by atoms with Crippen molar-refractivity contribution in [3.8, 4) is 0 Å². The summed E-state index contributed by atoms with van der Waals surface area (Å²) in [5.41, 5.74) is 0.106. The van der Waals surface area contributed by atoms with Gasteiger partial charge in [0.05, 0.1) is 30.6 Å². The predicted molar refractivity (Wildman–Crippen MR) is 97.1 cm³/mol. The van der Waals surface area contributed by atoms with Crippen molar-refractivity contribution in [2.45, 2.75) is 4.90 Å². The molecule has 0 saturated carbocycles. The van der Waals surface area contributed by atoms with Gasteiger partial charge in [0, 0.05) is 12.1 Å². The summed E-state index contributed by atoms with van der Waals surface area (Å²) in [6.45, 7) is 0. The third-order valence-corrected chi connectivity index (χ3v) is 5.49. The van der Waals surface area contributed by atoms with E-state index in [4.69, 9.17) is 16.7 Å². The molecule has 134 valence electrons. The highest BCUT2D eigenvalue weighted by molar-refractivity contribution is 7.89. The Morgan fingerprint density at radius 3 is 2.65 bits per heavy atom. The van der Waals surface area contributed by atoms with Crippen molar-refractivity contribution >= 4 is 59.9 Å². The summed E-state index contributed by atoms with van der Waals surface area (Å²) in [5.74, 6) is -0.676. The molecule has 0 aliphatic rings. The fourth-order valence-electron chi connectivity index (χ4n) is 2.10. The Kier molecular flexibility index (Phi) is 4.63. The number of amides is 1. The van der Waals surface area contributed by atoms with Crippen molar-refractivity contribution < 1.29 is 18.1 Å². The Balaban J connectivity index is 1.93. The van der Waals surface area contributed by atoms with Gasteiger partial charge in [-0.05, 0) is 24.3 Å². The van der Waals surface area contributed by atoms with Gasteiger partial charge in [-0.2, -0.15) is 0 Å². The van der Waals surface area contributed by atoms with E-state index < -0.39 is 20.9 Å². The van der Waals surface area contributed by atoms with Crippen molar-refractivity contribution in [1.82, 2.24) is 4.98 Å². The lowest BCUT2D eigenvalue weighted by Gasteiger charge is -2.03. The average Bonchev–Trinajstić information content (AvgIpc) is 2.95. The van der Waals surface area contributed by atoms with Gasteiger partial charge < -0.3 is 0 Å². The van der Waals surface area contributed by atoms with Crippen molar-refractivity contribution in [2.24, 2.45) is 5.14 Å². The standard InChI is InChI=1S/C14H9ClN4O5S2/c15-10-3-1-7(19(21)22)5-9(10)13(20)18-14-17-11-4-2-8(26(16,23)24)6-12(11)25-14/h1-6H,(H2,16,23,24)(H,17,18,20). The van der Waals surface area contributed by atoms with Gasteiger partial charge in [0.15, 0.2) is 5.13 Å². The monoisotopic (exact) mass is 412 g/mol. The average molecular weight is 413 g/mol. The van der Waals surface area contributed by atoms with E-state index in [0.29, 0.717) is 10.2 Å². The first-order valence-electron chi connectivity index (χ1n) is 6.84. The number of anilines is 1. The maximum Gasteiger partial charge on any atom is 0.270 e. The molecule has 0 radical (unpaired) electrons. The minimum absolute atomic E-state index is 0.0470. The molecule has 0 fully saturated rings. The second kappa shape index (κ2) is 6.61. The molecule has 0 atom stereocenters. The molecule has 0 unspecified atom stereocenters. The third kappa shape index (κ3) is 3.65. The van der Waals surface area contributed by atoms with Gasteiger partial charge in [0.2, 0.25) is 10.0 Å². The number of rotatable bonds is 4. The molecular weight excluding hydrogens is 404 g/mol. The molecule has 0 aliphatic heterocycles. The van der Waals surface area contributed by atoms with Crippen LogP contribution in [0, 0.1) is 10.1 Å². The van der Waals surface area contributed by atoms with Crippen LogP contribution in [0.3, 0.4) is 0 Å². The van der Waals surface area contributed by atoms with Gasteiger partial charge in [-0.3, -0.25) is 20.2 Å². The number of nitrogens with two attached hydrogens (primary N) is 1. The van der Waals surface area contributed by atoms with Crippen molar-refractivity contribution in [2.75, 3.05) is 5.32 Å². The topological polar surface area (TPSA) is 145 Å². The number of carbonyl (C=O) groups is 1. The van der Waals surface area contributed by atoms with E-state index in [2.05, 4.69) is 10.3 Å². The highest BCUT2D eigenvalue weighted by atomic mass is 35.5. The zero-order valence-corrected chi connectivity index (χ0v) is 15.1. The van der Waals surface area contributed by atoms with E-state index in [1.807, 2.05) is 0 Å². The summed E-state index contributed by atoms with van der Waals surface area (Å²) in [7, 11) is -3.86. The maximum atomic E-state index is 12.3. The summed E-state index contributed by atoms with van der Waals surface area (Å²) in [4.78, 5) is 26.6. The molecule has 3 rings (SSSR count). The van der Waals surface area contributed by atoms with Crippen LogP contribution in [0.15, 0.2) is 41.3 Å².